The van der Waals surface area contributed by atoms with Crippen LogP contribution in [0.3, 0.4) is 0 Å². The van der Waals surface area contributed by atoms with Gasteiger partial charge in [0, 0.05) is 21.1 Å². The van der Waals surface area contributed by atoms with Gasteiger partial charge in [0.05, 0.1) is 9.16 Å². The number of thiophene rings is 1. The SMILES string of the molecule is CC1CNC(c2cc(Br)c(Br)s2)S1. The summed E-state index contributed by atoms with van der Waals surface area (Å²) < 4.78 is 2.35. The molecule has 72 valence electrons. The summed E-state index contributed by atoms with van der Waals surface area (Å²) in [5.41, 5.74) is 0. The van der Waals surface area contributed by atoms with Gasteiger partial charge in [-0.05, 0) is 37.9 Å². The smallest absolute Gasteiger partial charge is 0.0887 e. The van der Waals surface area contributed by atoms with Crippen molar-refractivity contribution in [3.63, 3.8) is 0 Å². The summed E-state index contributed by atoms with van der Waals surface area (Å²) in [6, 6.07) is 2.19. The molecular formula is C8H9Br2NS2. The maximum Gasteiger partial charge on any atom is 0.0887 e. The second kappa shape index (κ2) is 4.23. The number of rotatable bonds is 1. The van der Waals surface area contributed by atoms with E-state index in [1.807, 2.05) is 11.8 Å². The number of nitrogens with one attached hydrogen (secondary N) is 1. The monoisotopic (exact) mass is 341 g/mol. The van der Waals surface area contributed by atoms with E-state index in [2.05, 4.69) is 50.2 Å². The van der Waals surface area contributed by atoms with E-state index in [1.54, 1.807) is 11.3 Å². The van der Waals surface area contributed by atoms with Crippen LogP contribution in [0.1, 0.15) is 17.2 Å². The van der Waals surface area contributed by atoms with Crippen LogP contribution >= 0.6 is 55.0 Å². The highest BCUT2D eigenvalue weighted by Crippen LogP contribution is 2.42. The van der Waals surface area contributed by atoms with Crippen LogP contribution in [0.5, 0.6) is 0 Å². The Kier molecular flexibility index (Phi) is 3.41. The Labute approximate surface area is 103 Å². The molecular weight excluding hydrogens is 334 g/mol. The number of thioether (sulfide) groups is 1. The number of halogens is 2. The molecule has 0 amide bonds. The van der Waals surface area contributed by atoms with E-state index in [-0.39, 0.29) is 0 Å². The van der Waals surface area contributed by atoms with Gasteiger partial charge in [0.15, 0.2) is 0 Å². The lowest BCUT2D eigenvalue weighted by Gasteiger charge is -2.05. The molecule has 2 unspecified atom stereocenters. The van der Waals surface area contributed by atoms with E-state index in [4.69, 9.17) is 0 Å². The second-order valence-electron chi connectivity index (χ2n) is 3.01. The Bertz CT molecular complexity index is 294. The molecule has 0 bridgehead atoms. The minimum absolute atomic E-state index is 0.489. The quantitative estimate of drug-likeness (QED) is 0.827. The van der Waals surface area contributed by atoms with Gasteiger partial charge in [-0.15, -0.1) is 23.1 Å². The number of hydrogen-bond donors (Lipinski definition) is 1. The van der Waals surface area contributed by atoms with E-state index in [9.17, 15) is 0 Å². The summed E-state index contributed by atoms with van der Waals surface area (Å²) in [6.45, 7) is 3.37. The second-order valence-corrected chi connectivity index (χ2v) is 7.81. The molecule has 1 nitrogen and oxygen atoms in total. The standard InChI is InChI=1S/C8H9Br2NS2/c1-4-3-11-8(12-4)6-2-5(9)7(10)13-6/h2,4,8,11H,3H2,1H3. The van der Waals surface area contributed by atoms with Crippen LogP contribution in [0.2, 0.25) is 0 Å². The molecule has 0 aliphatic carbocycles. The van der Waals surface area contributed by atoms with Gasteiger partial charge >= 0.3 is 0 Å². The van der Waals surface area contributed by atoms with Crippen molar-refractivity contribution in [1.29, 1.82) is 0 Å². The van der Waals surface area contributed by atoms with Crippen molar-refractivity contribution in [3.05, 3.63) is 19.2 Å². The van der Waals surface area contributed by atoms with Crippen molar-refractivity contribution in [2.45, 2.75) is 17.5 Å². The summed E-state index contributed by atoms with van der Waals surface area (Å²) >= 11 is 10.8. The van der Waals surface area contributed by atoms with E-state index >= 15 is 0 Å². The zero-order valence-electron chi connectivity index (χ0n) is 7.01. The summed E-state index contributed by atoms with van der Waals surface area (Å²) in [4.78, 5) is 1.40. The molecule has 1 N–H and O–H groups in total. The highest BCUT2D eigenvalue weighted by Gasteiger charge is 2.24. The Balaban J connectivity index is 2.17. The highest BCUT2D eigenvalue weighted by molar-refractivity contribution is 9.13. The van der Waals surface area contributed by atoms with Crippen molar-refractivity contribution in [1.82, 2.24) is 5.32 Å². The molecule has 13 heavy (non-hydrogen) atoms. The minimum Gasteiger partial charge on any atom is -0.300 e. The highest BCUT2D eigenvalue weighted by atomic mass is 79.9. The van der Waals surface area contributed by atoms with Crippen LogP contribution in [0.4, 0.5) is 0 Å². The van der Waals surface area contributed by atoms with Gasteiger partial charge in [-0.2, -0.15) is 0 Å². The van der Waals surface area contributed by atoms with Gasteiger partial charge < -0.3 is 0 Å². The topological polar surface area (TPSA) is 12.0 Å². The molecule has 1 aromatic rings. The summed E-state index contributed by atoms with van der Waals surface area (Å²) in [5, 5.41) is 4.71. The van der Waals surface area contributed by atoms with Crippen molar-refractivity contribution >= 4 is 55.0 Å². The van der Waals surface area contributed by atoms with Crippen LogP contribution in [0.15, 0.2) is 14.3 Å². The molecule has 0 saturated carbocycles. The van der Waals surface area contributed by atoms with E-state index in [1.165, 1.54) is 8.66 Å². The summed E-state index contributed by atoms with van der Waals surface area (Å²) in [5.74, 6) is 0. The lowest BCUT2D eigenvalue weighted by atomic mass is 10.4. The fourth-order valence-corrected chi connectivity index (χ4v) is 4.67. The van der Waals surface area contributed by atoms with Crippen LogP contribution in [-0.4, -0.2) is 11.8 Å². The summed E-state index contributed by atoms with van der Waals surface area (Å²) in [6.07, 6.45) is 0. The van der Waals surface area contributed by atoms with Gasteiger partial charge in [-0.1, -0.05) is 6.92 Å². The zero-order chi connectivity index (χ0) is 9.42. The van der Waals surface area contributed by atoms with Crippen molar-refractivity contribution in [3.8, 4) is 0 Å². The molecule has 1 aliphatic heterocycles. The molecule has 1 fully saturated rings. The first-order valence-corrected chi connectivity index (χ1v) is 7.35. The van der Waals surface area contributed by atoms with Crippen molar-refractivity contribution < 1.29 is 0 Å². The van der Waals surface area contributed by atoms with E-state index in [0.717, 1.165) is 16.3 Å². The van der Waals surface area contributed by atoms with Gasteiger partial charge in [-0.3, -0.25) is 5.32 Å². The fraction of sp³-hybridized carbons (Fsp3) is 0.500. The molecule has 1 aliphatic rings. The molecule has 2 rings (SSSR count). The molecule has 2 atom stereocenters. The summed E-state index contributed by atoms with van der Waals surface area (Å²) in [7, 11) is 0. The molecule has 0 radical (unpaired) electrons. The first-order chi connectivity index (χ1) is 6.16. The van der Waals surface area contributed by atoms with Crippen LogP contribution in [-0.2, 0) is 0 Å². The molecule has 1 saturated heterocycles. The first-order valence-electron chi connectivity index (χ1n) is 4.00. The minimum atomic E-state index is 0.489. The largest absolute Gasteiger partial charge is 0.300 e. The first kappa shape index (κ1) is 10.5. The van der Waals surface area contributed by atoms with E-state index < -0.39 is 0 Å². The normalized spacial score (nSPS) is 28.2. The van der Waals surface area contributed by atoms with Crippen LogP contribution in [0, 0.1) is 0 Å². The fourth-order valence-electron chi connectivity index (χ4n) is 1.26. The Morgan fingerprint density at radius 1 is 1.54 bits per heavy atom. The van der Waals surface area contributed by atoms with Crippen molar-refractivity contribution in [2.24, 2.45) is 0 Å². The Morgan fingerprint density at radius 2 is 2.31 bits per heavy atom. The predicted molar refractivity (Wildman–Crippen MR) is 67.5 cm³/mol. The molecule has 2 heterocycles. The van der Waals surface area contributed by atoms with Gasteiger partial charge in [0.1, 0.15) is 0 Å². The third kappa shape index (κ3) is 2.31. The van der Waals surface area contributed by atoms with Gasteiger partial charge in [-0.25, -0.2) is 0 Å². The third-order valence-electron chi connectivity index (χ3n) is 1.88. The Morgan fingerprint density at radius 3 is 2.77 bits per heavy atom. The number of hydrogen-bond acceptors (Lipinski definition) is 3. The van der Waals surface area contributed by atoms with Crippen LogP contribution in [0.25, 0.3) is 0 Å². The average molecular weight is 343 g/mol. The van der Waals surface area contributed by atoms with Crippen molar-refractivity contribution in [2.75, 3.05) is 6.54 Å². The van der Waals surface area contributed by atoms with E-state index in [0.29, 0.717) is 5.37 Å². The third-order valence-corrected chi connectivity index (χ3v) is 6.68. The lowest BCUT2D eigenvalue weighted by Crippen LogP contribution is -2.12. The molecule has 1 aromatic heterocycles. The van der Waals surface area contributed by atoms with Crippen LogP contribution < -0.4 is 5.32 Å². The molecule has 5 heteroatoms. The maximum atomic E-state index is 3.51. The van der Waals surface area contributed by atoms with Gasteiger partial charge in [0.2, 0.25) is 0 Å². The Hall–Kier alpha value is 0.970. The zero-order valence-corrected chi connectivity index (χ0v) is 11.8. The molecule has 0 aromatic carbocycles. The molecule has 0 spiro atoms. The average Bonchev–Trinajstić information content (AvgIpc) is 2.61. The predicted octanol–water partition coefficient (Wildman–Crippen LogP) is 4.00. The lowest BCUT2D eigenvalue weighted by molar-refractivity contribution is 0.725. The maximum absolute atomic E-state index is 3.51. The van der Waals surface area contributed by atoms with Gasteiger partial charge in [0.25, 0.3) is 0 Å².